The van der Waals surface area contributed by atoms with Crippen LogP contribution in [0.4, 0.5) is 0 Å². The largest absolute Gasteiger partial charge is 0.294 e. The molecule has 92 valence electrons. The van der Waals surface area contributed by atoms with Gasteiger partial charge in [0.05, 0.1) is 16.3 Å². The fraction of sp³-hybridized carbons (Fsp3) is 0.333. The van der Waals surface area contributed by atoms with Crippen molar-refractivity contribution < 1.29 is 4.79 Å². The molecule has 0 saturated heterocycles. The minimum absolute atomic E-state index is 0.231. The van der Waals surface area contributed by atoms with Crippen molar-refractivity contribution in [2.24, 2.45) is 5.41 Å². The molecule has 0 fully saturated rings. The fourth-order valence-corrected chi connectivity index (χ4v) is 3.06. The number of carbonyl (C=O) groups is 1. The van der Waals surface area contributed by atoms with Crippen molar-refractivity contribution in [2.75, 3.05) is 0 Å². The number of pyridine rings is 1. The van der Waals surface area contributed by atoms with Crippen molar-refractivity contribution in [1.82, 2.24) is 4.98 Å². The number of nitrogens with zero attached hydrogens (tertiary/aromatic N) is 1. The van der Waals surface area contributed by atoms with Gasteiger partial charge in [0.15, 0.2) is 5.78 Å². The molecule has 1 aliphatic carbocycles. The molecule has 1 aliphatic rings. The zero-order valence-electron chi connectivity index (χ0n) is 10.6. The molecule has 0 aromatic carbocycles. The van der Waals surface area contributed by atoms with Crippen LogP contribution in [0, 0.1) is 5.41 Å². The van der Waals surface area contributed by atoms with Gasteiger partial charge in [-0.3, -0.25) is 9.78 Å². The highest BCUT2D eigenvalue weighted by molar-refractivity contribution is 7.13. The van der Waals surface area contributed by atoms with Gasteiger partial charge in [-0.25, -0.2) is 0 Å². The normalized spacial score (nSPS) is 17.6. The van der Waals surface area contributed by atoms with E-state index in [1.807, 2.05) is 37.4 Å². The maximum Gasteiger partial charge on any atom is 0.170 e. The van der Waals surface area contributed by atoms with Crippen LogP contribution < -0.4 is 0 Å². The second-order valence-corrected chi connectivity index (χ2v) is 6.33. The molecule has 0 atom stereocenters. The summed E-state index contributed by atoms with van der Waals surface area (Å²) >= 11 is 1.68. The molecule has 0 amide bonds. The number of carbonyl (C=O) groups excluding carboxylic acids is 1. The molecular formula is C15H15NOS. The monoisotopic (exact) mass is 257 g/mol. The molecule has 0 aliphatic heterocycles. The standard InChI is InChI=1S/C15H15NOS/c1-15(2)8-7-11-10(14(15)17)5-6-12(16-11)13-4-3-9-18-13/h3-6,9H,7-8H2,1-2H3. The van der Waals surface area contributed by atoms with E-state index in [-0.39, 0.29) is 11.2 Å². The minimum Gasteiger partial charge on any atom is -0.294 e. The Labute approximate surface area is 111 Å². The fourth-order valence-electron chi connectivity index (χ4n) is 2.37. The summed E-state index contributed by atoms with van der Waals surface area (Å²) in [6, 6.07) is 7.99. The molecule has 2 aromatic rings. The van der Waals surface area contributed by atoms with Crippen molar-refractivity contribution in [2.45, 2.75) is 26.7 Å². The Hall–Kier alpha value is -1.48. The van der Waals surface area contributed by atoms with Crippen molar-refractivity contribution in [1.29, 1.82) is 0 Å². The van der Waals surface area contributed by atoms with E-state index in [0.29, 0.717) is 0 Å². The summed E-state index contributed by atoms with van der Waals surface area (Å²) in [7, 11) is 0. The number of Topliss-reactive ketones (excluding diaryl/α,β-unsaturated/α-hetero) is 1. The highest BCUT2D eigenvalue weighted by atomic mass is 32.1. The summed E-state index contributed by atoms with van der Waals surface area (Å²) in [5.74, 6) is 0.231. The predicted molar refractivity (Wildman–Crippen MR) is 74.0 cm³/mol. The van der Waals surface area contributed by atoms with Crippen LogP contribution in [0.25, 0.3) is 10.6 Å². The van der Waals surface area contributed by atoms with Gasteiger partial charge in [-0.1, -0.05) is 19.9 Å². The second-order valence-electron chi connectivity index (χ2n) is 5.38. The molecule has 0 radical (unpaired) electrons. The average molecular weight is 257 g/mol. The first-order valence-electron chi connectivity index (χ1n) is 6.16. The van der Waals surface area contributed by atoms with Crippen LogP contribution in [0.5, 0.6) is 0 Å². The zero-order valence-corrected chi connectivity index (χ0v) is 11.4. The Morgan fingerprint density at radius 3 is 2.83 bits per heavy atom. The molecule has 0 unspecified atom stereocenters. The predicted octanol–water partition coefficient (Wildman–Crippen LogP) is 3.97. The Bertz CT molecular complexity index is 599. The number of ketones is 1. The topological polar surface area (TPSA) is 30.0 Å². The molecule has 3 heteroatoms. The zero-order chi connectivity index (χ0) is 12.8. The number of aryl methyl sites for hydroxylation is 1. The Balaban J connectivity index is 2.06. The van der Waals surface area contributed by atoms with E-state index in [2.05, 4.69) is 11.1 Å². The molecule has 3 rings (SSSR count). The van der Waals surface area contributed by atoms with Crippen LogP contribution in [0.1, 0.15) is 36.3 Å². The van der Waals surface area contributed by atoms with Gasteiger partial charge >= 0.3 is 0 Å². The number of aromatic nitrogens is 1. The number of fused-ring (bicyclic) bond motifs is 1. The number of thiophene rings is 1. The lowest BCUT2D eigenvalue weighted by atomic mass is 9.75. The van der Waals surface area contributed by atoms with Gasteiger partial charge in [-0.05, 0) is 36.4 Å². The van der Waals surface area contributed by atoms with E-state index in [9.17, 15) is 4.79 Å². The summed E-state index contributed by atoms with van der Waals surface area (Å²) < 4.78 is 0. The summed E-state index contributed by atoms with van der Waals surface area (Å²) in [4.78, 5) is 18.1. The maximum atomic E-state index is 12.3. The molecular weight excluding hydrogens is 242 g/mol. The van der Waals surface area contributed by atoms with E-state index in [0.717, 1.165) is 34.7 Å². The Kier molecular flexibility index (Phi) is 2.59. The third-order valence-corrected chi connectivity index (χ3v) is 4.49. The van der Waals surface area contributed by atoms with Crippen molar-refractivity contribution >= 4 is 17.1 Å². The van der Waals surface area contributed by atoms with Crippen LogP contribution in [0.3, 0.4) is 0 Å². The number of hydrogen-bond donors (Lipinski definition) is 0. The summed E-state index contributed by atoms with van der Waals surface area (Å²) in [6.45, 7) is 4.04. The van der Waals surface area contributed by atoms with E-state index >= 15 is 0 Å². The van der Waals surface area contributed by atoms with Crippen molar-refractivity contribution in [3.63, 3.8) is 0 Å². The van der Waals surface area contributed by atoms with E-state index < -0.39 is 0 Å². The lowest BCUT2D eigenvalue weighted by molar-refractivity contribution is 0.0809. The molecule has 18 heavy (non-hydrogen) atoms. The first kappa shape index (κ1) is 11.6. The highest BCUT2D eigenvalue weighted by Gasteiger charge is 2.34. The van der Waals surface area contributed by atoms with Crippen LogP contribution in [0.2, 0.25) is 0 Å². The van der Waals surface area contributed by atoms with Crippen molar-refractivity contribution in [3.8, 4) is 10.6 Å². The van der Waals surface area contributed by atoms with Gasteiger partial charge < -0.3 is 0 Å². The van der Waals surface area contributed by atoms with Gasteiger partial charge in [0.2, 0.25) is 0 Å². The summed E-state index contributed by atoms with van der Waals surface area (Å²) in [5, 5.41) is 2.05. The lowest BCUT2D eigenvalue weighted by Crippen LogP contribution is -2.30. The van der Waals surface area contributed by atoms with Gasteiger partial charge in [-0.2, -0.15) is 0 Å². The highest BCUT2D eigenvalue weighted by Crippen LogP contribution is 2.35. The van der Waals surface area contributed by atoms with Gasteiger partial charge in [-0.15, -0.1) is 11.3 Å². The van der Waals surface area contributed by atoms with Crippen LogP contribution in [-0.2, 0) is 6.42 Å². The smallest absolute Gasteiger partial charge is 0.170 e. The minimum atomic E-state index is -0.237. The maximum absolute atomic E-state index is 12.3. The number of rotatable bonds is 1. The van der Waals surface area contributed by atoms with E-state index in [4.69, 9.17) is 0 Å². The summed E-state index contributed by atoms with van der Waals surface area (Å²) in [6.07, 6.45) is 1.78. The van der Waals surface area contributed by atoms with Gasteiger partial charge in [0.25, 0.3) is 0 Å². The Morgan fingerprint density at radius 1 is 1.28 bits per heavy atom. The summed E-state index contributed by atoms with van der Waals surface area (Å²) in [5.41, 5.74) is 2.52. The van der Waals surface area contributed by atoms with Crippen LogP contribution >= 0.6 is 11.3 Å². The third kappa shape index (κ3) is 1.79. The first-order valence-corrected chi connectivity index (χ1v) is 7.04. The molecule has 0 bridgehead atoms. The molecule has 0 spiro atoms. The van der Waals surface area contributed by atoms with Gasteiger partial charge in [0, 0.05) is 11.0 Å². The van der Waals surface area contributed by atoms with Crippen LogP contribution in [0.15, 0.2) is 29.6 Å². The molecule has 0 saturated carbocycles. The first-order chi connectivity index (χ1) is 8.58. The van der Waals surface area contributed by atoms with Gasteiger partial charge in [0.1, 0.15) is 0 Å². The Morgan fingerprint density at radius 2 is 2.11 bits per heavy atom. The third-order valence-electron chi connectivity index (χ3n) is 3.59. The molecule has 0 N–H and O–H groups in total. The lowest BCUT2D eigenvalue weighted by Gasteiger charge is -2.29. The van der Waals surface area contributed by atoms with E-state index in [1.165, 1.54) is 0 Å². The SMILES string of the molecule is CC1(C)CCc2nc(-c3cccs3)ccc2C1=O. The number of hydrogen-bond acceptors (Lipinski definition) is 3. The second kappa shape index (κ2) is 4.02. The van der Waals surface area contributed by atoms with Crippen molar-refractivity contribution in [3.05, 3.63) is 40.9 Å². The molecule has 2 heterocycles. The molecule has 2 nitrogen and oxygen atoms in total. The average Bonchev–Trinajstić information content (AvgIpc) is 2.88. The van der Waals surface area contributed by atoms with Crippen LogP contribution in [-0.4, -0.2) is 10.8 Å². The van der Waals surface area contributed by atoms with E-state index in [1.54, 1.807) is 11.3 Å². The quantitative estimate of drug-likeness (QED) is 0.774. The molecule has 2 aromatic heterocycles.